The molecular weight excluding hydrogens is 408 g/mol. The third-order valence-corrected chi connectivity index (χ3v) is 5.49. The van der Waals surface area contributed by atoms with Gasteiger partial charge in [-0.1, -0.05) is 32.9 Å². The number of amides is 4. The minimum atomic E-state index is -1.03. The number of anilines is 2. The number of imide groups is 1. The monoisotopic (exact) mass is 438 g/mol. The standard InChI is InChI=1S/C24H30N4O4/c1-7-32-21(30)26-19-14-16(12-13-25-19)15-27-22(31)28(20(29)24(27,5)6)18-10-8-17(9-11-18)23(2,3)4/h8-14H,7,15H2,1-6H3,(H,25,26,30). The van der Waals surface area contributed by atoms with Gasteiger partial charge in [0.05, 0.1) is 12.3 Å². The molecule has 8 nitrogen and oxygen atoms in total. The van der Waals surface area contributed by atoms with Crippen molar-refractivity contribution in [3.05, 3.63) is 53.7 Å². The van der Waals surface area contributed by atoms with Gasteiger partial charge in [0, 0.05) is 12.7 Å². The van der Waals surface area contributed by atoms with Crippen molar-refractivity contribution in [2.45, 2.75) is 59.0 Å². The van der Waals surface area contributed by atoms with Crippen LogP contribution in [0.4, 0.5) is 21.1 Å². The second-order valence-corrected chi connectivity index (χ2v) is 9.26. The first-order chi connectivity index (χ1) is 14.9. The lowest BCUT2D eigenvalue weighted by molar-refractivity contribution is -0.123. The van der Waals surface area contributed by atoms with E-state index < -0.39 is 11.6 Å². The molecule has 0 radical (unpaired) electrons. The van der Waals surface area contributed by atoms with E-state index in [0.29, 0.717) is 11.5 Å². The van der Waals surface area contributed by atoms with Crippen LogP contribution in [0.15, 0.2) is 42.6 Å². The van der Waals surface area contributed by atoms with Gasteiger partial charge in [-0.15, -0.1) is 0 Å². The van der Waals surface area contributed by atoms with Crippen LogP contribution in [0, 0.1) is 0 Å². The Morgan fingerprint density at radius 3 is 2.38 bits per heavy atom. The second kappa shape index (κ2) is 8.61. The number of benzene rings is 1. The molecule has 0 aliphatic carbocycles. The van der Waals surface area contributed by atoms with Crippen LogP contribution in [0.3, 0.4) is 0 Å². The van der Waals surface area contributed by atoms with Crippen LogP contribution < -0.4 is 10.2 Å². The van der Waals surface area contributed by atoms with Crippen molar-refractivity contribution in [1.29, 1.82) is 0 Å². The van der Waals surface area contributed by atoms with E-state index in [1.54, 1.807) is 32.9 Å². The number of hydrogen-bond donors (Lipinski definition) is 1. The first kappa shape index (κ1) is 23.2. The number of aromatic nitrogens is 1. The van der Waals surface area contributed by atoms with E-state index in [0.717, 1.165) is 11.1 Å². The van der Waals surface area contributed by atoms with Crippen molar-refractivity contribution >= 4 is 29.5 Å². The van der Waals surface area contributed by atoms with Crippen molar-refractivity contribution in [3.8, 4) is 0 Å². The number of pyridine rings is 1. The number of hydrogen-bond acceptors (Lipinski definition) is 5. The summed E-state index contributed by atoms with van der Waals surface area (Å²) in [6.07, 6.45) is 0.935. The molecule has 1 aliphatic rings. The quantitative estimate of drug-likeness (QED) is 0.684. The van der Waals surface area contributed by atoms with Gasteiger partial charge in [0.15, 0.2) is 0 Å². The van der Waals surface area contributed by atoms with Crippen LogP contribution in [0.2, 0.25) is 0 Å². The zero-order chi connectivity index (χ0) is 23.7. The predicted octanol–water partition coefficient (Wildman–Crippen LogP) is 4.69. The van der Waals surface area contributed by atoms with Crippen molar-refractivity contribution in [2.24, 2.45) is 0 Å². The first-order valence-electron chi connectivity index (χ1n) is 10.6. The van der Waals surface area contributed by atoms with Crippen LogP contribution in [0.25, 0.3) is 0 Å². The molecule has 32 heavy (non-hydrogen) atoms. The minimum absolute atomic E-state index is 0.0283. The molecule has 8 heteroatoms. The average Bonchev–Trinajstić information content (AvgIpc) is 2.87. The number of urea groups is 1. The van der Waals surface area contributed by atoms with E-state index in [9.17, 15) is 14.4 Å². The highest BCUT2D eigenvalue weighted by atomic mass is 16.5. The van der Waals surface area contributed by atoms with Crippen LogP contribution in [-0.2, 0) is 21.5 Å². The maximum absolute atomic E-state index is 13.3. The fraction of sp³-hybridized carbons (Fsp3) is 0.417. The molecule has 0 unspecified atom stereocenters. The van der Waals surface area contributed by atoms with Crippen molar-refractivity contribution in [2.75, 3.05) is 16.8 Å². The van der Waals surface area contributed by atoms with E-state index in [4.69, 9.17) is 4.74 Å². The second-order valence-electron chi connectivity index (χ2n) is 9.26. The van der Waals surface area contributed by atoms with E-state index >= 15 is 0 Å². The lowest BCUT2D eigenvalue weighted by atomic mass is 9.87. The van der Waals surface area contributed by atoms with Crippen LogP contribution in [0.5, 0.6) is 0 Å². The molecule has 0 saturated carbocycles. The maximum Gasteiger partial charge on any atom is 0.412 e. The number of ether oxygens (including phenoxy) is 1. The Labute approximate surface area is 188 Å². The molecule has 2 aromatic rings. The van der Waals surface area contributed by atoms with Gasteiger partial charge >= 0.3 is 12.1 Å². The topological polar surface area (TPSA) is 91.8 Å². The predicted molar refractivity (Wildman–Crippen MR) is 123 cm³/mol. The lowest BCUT2D eigenvalue weighted by Crippen LogP contribution is -2.43. The fourth-order valence-electron chi connectivity index (χ4n) is 3.53. The fourth-order valence-corrected chi connectivity index (χ4v) is 3.53. The Hall–Kier alpha value is -3.42. The maximum atomic E-state index is 13.3. The van der Waals surface area contributed by atoms with Crippen molar-refractivity contribution in [3.63, 3.8) is 0 Å². The summed E-state index contributed by atoms with van der Waals surface area (Å²) < 4.78 is 4.87. The normalized spacial score (nSPS) is 15.8. The smallest absolute Gasteiger partial charge is 0.412 e. The van der Waals surface area contributed by atoms with Crippen molar-refractivity contribution in [1.82, 2.24) is 9.88 Å². The minimum Gasteiger partial charge on any atom is -0.450 e. The summed E-state index contributed by atoms with van der Waals surface area (Å²) in [7, 11) is 0. The van der Waals surface area contributed by atoms with Gasteiger partial charge in [0.2, 0.25) is 0 Å². The van der Waals surface area contributed by atoms with E-state index in [1.807, 2.05) is 24.3 Å². The van der Waals surface area contributed by atoms with E-state index in [-0.39, 0.29) is 30.5 Å². The summed E-state index contributed by atoms with van der Waals surface area (Å²) in [6, 6.07) is 10.5. The van der Waals surface area contributed by atoms with E-state index in [1.165, 1.54) is 16.0 Å². The summed E-state index contributed by atoms with van der Waals surface area (Å²) in [5.41, 5.74) is 1.33. The lowest BCUT2D eigenvalue weighted by Gasteiger charge is -2.27. The van der Waals surface area contributed by atoms with Gasteiger partial charge in [-0.25, -0.2) is 19.5 Å². The number of nitrogens with zero attached hydrogens (tertiary/aromatic N) is 3. The number of nitrogens with one attached hydrogen (secondary N) is 1. The van der Waals surface area contributed by atoms with E-state index in [2.05, 4.69) is 31.1 Å². The molecular formula is C24H30N4O4. The van der Waals surface area contributed by atoms with Crippen LogP contribution >= 0.6 is 0 Å². The summed E-state index contributed by atoms with van der Waals surface area (Å²) in [5.74, 6) is 0.0243. The van der Waals surface area contributed by atoms with Crippen LogP contribution in [0.1, 0.15) is 52.7 Å². The van der Waals surface area contributed by atoms with Crippen molar-refractivity contribution < 1.29 is 19.1 Å². The SMILES string of the molecule is CCOC(=O)Nc1cc(CN2C(=O)N(c3ccc(C(C)(C)C)cc3)C(=O)C2(C)C)ccn1. The molecule has 0 atom stereocenters. The Bertz CT molecular complexity index is 1030. The Balaban J connectivity index is 1.83. The summed E-state index contributed by atoms with van der Waals surface area (Å²) in [4.78, 5) is 45.0. The molecule has 1 saturated heterocycles. The molecule has 2 heterocycles. The van der Waals surface area contributed by atoms with Gasteiger partial charge in [0.1, 0.15) is 11.4 Å². The largest absolute Gasteiger partial charge is 0.450 e. The van der Waals surface area contributed by atoms with Crippen LogP contribution in [-0.4, -0.2) is 40.1 Å². The molecule has 1 N–H and O–H groups in total. The zero-order valence-electron chi connectivity index (χ0n) is 19.4. The van der Waals surface area contributed by atoms with Gasteiger partial charge < -0.3 is 9.64 Å². The molecule has 1 aromatic carbocycles. The summed E-state index contributed by atoms with van der Waals surface area (Å²) in [6.45, 7) is 11.9. The molecule has 1 aliphatic heterocycles. The summed E-state index contributed by atoms with van der Waals surface area (Å²) >= 11 is 0. The first-order valence-corrected chi connectivity index (χ1v) is 10.6. The van der Waals surface area contributed by atoms with Gasteiger partial charge in [-0.3, -0.25) is 10.1 Å². The molecule has 4 amide bonds. The van der Waals surface area contributed by atoms with Gasteiger partial charge in [-0.05, 0) is 61.6 Å². The Kier molecular flexibility index (Phi) is 6.25. The third kappa shape index (κ3) is 4.59. The molecule has 0 spiro atoms. The Morgan fingerprint density at radius 1 is 1.12 bits per heavy atom. The average molecular weight is 439 g/mol. The van der Waals surface area contributed by atoms with Gasteiger partial charge in [-0.2, -0.15) is 0 Å². The molecule has 1 aromatic heterocycles. The summed E-state index contributed by atoms with van der Waals surface area (Å²) in [5, 5.41) is 2.55. The number of rotatable bonds is 5. The highest BCUT2D eigenvalue weighted by Gasteiger charge is 2.51. The zero-order valence-corrected chi connectivity index (χ0v) is 19.4. The molecule has 170 valence electrons. The highest BCUT2D eigenvalue weighted by molar-refractivity contribution is 6.22. The number of carbonyl (C=O) groups is 3. The van der Waals surface area contributed by atoms with Gasteiger partial charge in [0.25, 0.3) is 5.91 Å². The molecule has 3 rings (SSSR count). The molecule has 0 bridgehead atoms. The number of carbonyl (C=O) groups excluding carboxylic acids is 3. The highest BCUT2D eigenvalue weighted by Crippen LogP contribution is 2.34. The Morgan fingerprint density at radius 2 is 1.78 bits per heavy atom. The molecule has 1 fully saturated rings. The third-order valence-electron chi connectivity index (χ3n) is 5.49.